The van der Waals surface area contributed by atoms with E-state index in [1.54, 1.807) is 24.1 Å². The van der Waals surface area contributed by atoms with Gasteiger partial charge in [0.15, 0.2) is 0 Å². The van der Waals surface area contributed by atoms with Crippen molar-refractivity contribution in [3.05, 3.63) is 64.6 Å². The predicted octanol–water partition coefficient (Wildman–Crippen LogP) is 0.117. The molecule has 0 bridgehead atoms. The number of anilines is 1. The third-order valence-corrected chi connectivity index (χ3v) is 5.42. The van der Waals surface area contributed by atoms with Crippen molar-refractivity contribution in [3.8, 4) is 5.75 Å². The van der Waals surface area contributed by atoms with Crippen LogP contribution in [0.3, 0.4) is 0 Å². The Morgan fingerprint density at radius 3 is 2.26 bits per heavy atom. The summed E-state index contributed by atoms with van der Waals surface area (Å²) in [5.41, 5.74) is 0.178. The van der Waals surface area contributed by atoms with E-state index in [4.69, 9.17) is 4.74 Å². The van der Waals surface area contributed by atoms with E-state index in [1.165, 1.54) is 12.1 Å². The normalized spacial score (nSPS) is 14.0. The molecule has 2 heterocycles. The molecule has 0 spiro atoms. The first kappa shape index (κ1) is 20.4. The summed E-state index contributed by atoms with van der Waals surface area (Å²) in [5, 5.41) is 15.8. The summed E-state index contributed by atoms with van der Waals surface area (Å²) in [4.78, 5) is 40.8. The number of piperazine rings is 1. The van der Waals surface area contributed by atoms with Gasteiger partial charge in [-0.1, -0.05) is 18.2 Å². The zero-order valence-electron chi connectivity index (χ0n) is 17.0. The molecule has 9 nitrogen and oxygen atoms in total. The third-order valence-electron chi connectivity index (χ3n) is 5.42. The van der Waals surface area contributed by atoms with E-state index in [0.29, 0.717) is 26.2 Å². The standard InChI is InChI=1S/C22H22N4O5/c1-31-16-8-6-15(7-9-16)24-10-12-25(13-11-24)19(27)14-26-21(28)18-5-3-2-4-17(18)20(23-26)22(29)30/h2-9H,10-14H2,1H3,(H,29,30)/p-1. The van der Waals surface area contributed by atoms with Crippen molar-refractivity contribution in [2.24, 2.45) is 0 Å². The number of rotatable bonds is 5. The number of ether oxygens (including phenoxy) is 1. The van der Waals surface area contributed by atoms with Crippen LogP contribution in [-0.4, -0.2) is 59.8 Å². The number of aromatic carboxylic acids is 1. The van der Waals surface area contributed by atoms with Gasteiger partial charge in [0.25, 0.3) is 5.56 Å². The molecule has 0 N–H and O–H groups in total. The Morgan fingerprint density at radius 2 is 1.65 bits per heavy atom. The summed E-state index contributed by atoms with van der Waals surface area (Å²) in [5.74, 6) is -1.00. The Bertz CT molecular complexity index is 1180. The van der Waals surface area contributed by atoms with Gasteiger partial charge in [-0.25, -0.2) is 4.68 Å². The maximum absolute atomic E-state index is 12.8. The highest BCUT2D eigenvalue weighted by Crippen LogP contribution is 2.20. The second-order valence-electron chi connectivity index (χ2n) is 7.21. The SMILES string of the molecule is COc1ccc(N2CCN(C(=O)Cn3nc(C(=O)[O-])c4ccccc4c3=O)CC2)cc1. The number of fused-ring (bicyclic) bond motifs is 1. The number of hydrogen-bond acceptors (Lipinski definition) is 7. The summed E-state index contributed by atoms with van der Waals surface area (Å²) in [6, 6.07) is 14.0. The molecule has 9 heteroatoms. The highest BCUT2D eigenvalue weighted by atomic mass is 16.5. The van der Waals surface area contributed by atoms with E-state index in [9.17, 15) is 19.5 Å². The predicted molar refractivity (Wildman–Crippen MR) is 112 cm³/mol. The quantitative estimate of drug-likeness (QED) is 0.576. The van der Waals surface area contributed by atoms with Crippen LogP contribution in [0.1, 0.15) is 10.5 Å². The summed E-state index contributed by atoms with van der Waals surface area (Å²) >= 11 is 0. The van der Waals surface area contributed by atoms with Crippen molar-refractivity contribution in [1.29, 1.82) is 0 Å². The Labute approximate surface area is 178 Å². The lowest BCUT2D eigenvalue weighted by Crippen LogP contribution is -2.50. The molecule has 0 atom stereocenters. The highest BCUT2D eigenvalue weighted by molar-refractivity contribution is 6.00. The van der Waals surface area contributed by atoms with Crippen LogP contribution in [0, 0.1) is 0 Å². The first-order valence-electron chi connectivity index (χ1n) is 9.86. The van der Waals surface area contributed by atoms with E-state index in [2.05, 4.69) is 10.00 Å². The number of methoxy groups -OCH3 is 1. The Morgan fingerprint density at radius 1 is 1.00 bits per heavy atom. The van der Waals surface area contributed by atoms with Crippen LogP contribution in [0.4, 0.5) is 5.69 Å². The average molecular weight is 421 g/mol. The van der Waals surface area contributed by atoms with Crippen LogP contribution in [0.2, 0.25) is 0 Å². The van der Waals surface area contributed by atoms with Crippen molar-refractivity contribution in [2.75, 3.05) is 38.2 Å². The molecule has 1 aromatic heterocycles. The van der Waals surface area contributed by atoms with Gasteiger partial charge in [-0.3, -0.25) is 9.59 Å². The summed E-state index contributed by atoms with van der Waals surface area (Å²) < 4.78 is 6.08. The Balaban J connectivity index is 1.48. The van der Waals surface area contributed by atoms with E-state index in [-0.39, 0.29) is 28.9 Å². The molecule has 0 unspecified atom stereocenters. The van der Waals surface area contributed by atoms with E-state index in [0.717, 1.165) is 16.1 Å². The molecule has 0 saturated carbocycles. The maximum atomic E-state index is 12.8. The Kier molecular flexibility index (Phi) is 5.57. The zero-order valence-corrected chi connectivity index (χ0v) is 17.0. The fourth-order valence-corrected chi connectivity index (χ4v) is 3.73. The van der Waals surface area contributed by atoms with Gasteiger partial charge in [-0.15, -0.1) is 0 Å². The molecule has 2 aromatic carbocycles. The molecule has 3 aromatic rings. The van der Waals surface area contributed by atoms with Crippen molar-refractivity contribution < 1.29 is 19.4 Å². The van der Waals surface area contributed by atoms with Crippen molar-refractivity contribution >= 4 is 28.3 Å². The summed E-state index contributed by atoms with van der Waals surface area (Å²) in [7, 11) is 1.62. The smallest absolute Gasteiger partial charge is 0.275 e. The van der Waals surface area contributed by atoms with Gasteiger partial charge in [0.05, 0.1) is 18.5 Å². The minimum Gasteiger partial charge on any atom is -0.543 e. The molecule has 4 rings (SSSR count). The number of amides is 1. The molecule has 0 radical (unpaired) electrons. The molecular weight excluding hydrogens is 400 g/mol. The Hall–Kier alpha value is -3.88. The average Bonchev–Trinajstić information content (AvgIpc) is 2.81. The molecule has 1 amide bonds. The molecule has 1 fully saturated rings. The lowest BCUT2D eigenvalue weighted by molar-refractivity contribution is -0.255. The van der Waals surface area contributed by atoms with Gasteiger partial charge < -0.3 is 24.4 Å². The molecule has 1 aliphatic heterocycles. The number of carboxylic acid groups (broad SMARTS) is 1. The van der Waals surface area contributed by atoms with Gasteiger partial charge in [-0.05, 0) is 30.3 Å². The van der Waals surface area contributed by atoms with Crippen molar-refractivity contribution in [2.45, 2.75) is 6.54 Å². The number of carbonyl (C=O) groups excluding carboxylic acids is 2. The number of carboxylic acids is 1. The largest absolute Gasteiger partial charge is 0.543 e. The molecule has 0 aliphatic carbocycles. The van der Waals surface area contributed by atoms with Crippen LogP contribution >= 0.6 is 0 Å². The minimum atomic E-state index is -1.49. The van der Waals surface area contributed by atoms with Crippen LogP contribution in [0.25, 0.3) is 10.8 Å². The lowest BCUT2D eigenvalue weighted by Gasteiger charge is -2.36. The fraction of sp³-hybridized carbons (Fsp3) is 0.273. The molecular formula is C22H21N4O5-. The molecule has 160 valence electrons. The third kappa shape index (κ3) is 4.07. The summed E-state index contributed by atoms with van der Waals surface area (Å²) in [6.07, 6.45) is 0. The van der Waals surface area contributed by atoms with Crippen molar-refractivity contribution in [1.82, 2.24) is 14.7 Å². The number of nitrogens with zero attached hydrogens (tertiary/aromatic N) is 4. The van der Waals surface area contributed by atoms with Gasteiger partial charge in [0.1, 0.15) is 18.0 Å². The van der Waals surface area contributed by atoms with Gasteiger partial charge in [0, 0.05) is 37.3 Å². The second kappa shape index (κ2) is 8.47. The maximum Gasteiger partial charge on any atom is 0.275 e. The van der Waals surface area contributed by atoms with Gasteiger partial charge in [-0.2, -0.15) is 5.10 Å². The zero-order chi connectivity index (χ0) is 22.0. The van der Waals surface area contributed by atoms with E-state index in [1.807, 2.05) is 24.3 Å². The topological polar surface area (TPSA) is 108 Å². The van der Waals surface area contributed by atoms with Crippen LogP contribution in [-0.2, 0) is 11.3 Å². The van der Waals surface area contributed by atoms with E-state index >= 15 is 0 Å². The highest BCUT2D eigenvalue weighted by Gasteiger charge is 2.23. The second-order valence-corrected chi connectivity index (χ2v) is 7.21. The lowest BCUT2D eigenvalue weighted by atomic mass is 10.1. The fourth-order valence-electron chi connectivity index (χ4n) is 3.73. The van der Waals surface area contributed by atoms with Gasteiger partial charge in [0.2, 0.25) is 5.91 Å². The minimum absolute atomic E-state index is 0.189. The monoisotopic (exact) mass is 421 g/mol. The molecule has 1 saturated heterocycles. The molecule has 1 aliphatic rings. The van der Waals surface area contributed by atoms with Crippen LogP contribution < -0.4 is 20.3 Å². The number of hydrogen-bond donors (Lipinski definition) is 0. The van der Waals surface area contributed by atoms with Crippen molar-refractivity contribution in [3.63, 3.8) is 0 Å². The number of aromatic nitrogens is 2. The van der Waals surface area contributed by atoms with Crippen LogP contribution in [0.5, 0.6) is 5.75 Å². The van der Waals surface area contributed by atoms with E-state index < -0.39 is 11.5 Å². The number of carbonyl (C=O) groups is 2. The van der Waals surface area contributed by atoms with Crippen LogP contribution in [0.15, 0.2) is 53.3 Å². The first-order valence-corrected chi connectivity index (χ1v) is 9.86. The summed E-state index contributed by atoms with van der Waals surface area (Å²) in [6.45, 7) is 1.93. The molecule has 31 heavy (non-hydrogen) atoms. The number of benzene rings is 2. The first-order chi connectivity index (χ1) is 15.0. The van der Waals surface area contributed by atoms with Gasteiger partial charge >= 0.3 is 0 Å².